The van der Waals surface area contributed by atoms with Crippen LogP contribution in [0.1, 0.15) is 63.5 Å². The monoisotopic (exact) mass is 518 g/mol. The van der Waals surface area contributed by atoms with Crippen LogP contribution in [0.15, 0.2) is 72.8 Å². The molecule has 0 fully saturated rings. The van der Waals surface area contributed by atoms with Crippen LogP contribution in [-0.4, -0.2) is 0 Å². The van der Waals surface area contributed by atoms with Gasteiger partial charge in [-0.3, -0.25) is 0 Å². The molecule has 0 aliphatic carbocycles. The normalized spacial score (nSPS) is 11.2. The Kier molecular flexibility index (Phi) is 9.38. The van der Waals surface area contributed by atoms with E-state index in [4.69, 9.17) is 0 Å². The van der Waals surface area contributed by atoms with Crippen LogP contribution in [0.2, 0.25) is 0 Å². The second-order valence-electron chi connectivity index (χ2n) is 9.88. The van der Waals surface area contributed by atoms with E-state index in [-0.39, 0.29) is 22.3 Å². The third-order valence-corrected chi connectivity index (χ3v) is 7.14. The average Bonchev–Trinajstić information content (AvgIpc) is 2.94. The van der Waals surface area contributed by atoms with Gasteiger partial charge in [0.05, 0.1) is 0 Å². The Morgan fingerprint density at radius 3 is 1.47 bits per heavy atom. The highest BCUT2D eigenvalue weighted by Crippen LogP contribution is 2.35. The van der Waals surface area contributed by atoms with Crippen molar-refractivity contribution in [3.05, 3.63) is 107 Å². The fourth-order valence-corrected chi connectivity index (χ4v) is 4.82. The van der Waals surface area contributed by atoms with Gasteiger partial charge in [0.15, 0.2) is 23.3 Å². The summed E-state index contributed by atoms with van der Waals surface area (Å²) in [5, 5.41) is 0. The topological polar surface area (TPSA) is 0 Å². The lowest BCUT2D eigenvalue weighted by molar-refractivity contribution is 0.494. The largest absolute Gasteiger partial charge is 0.203 e. The van der Waals surface area contributed by atoms with Crippen LogP contribution >= 0.6 is 0 Å². The molecule has 198 valence electrons. The van der Waals surface area contributed by atoms with Crippen LogP contribution in [0.5, 0.6) is 0 Å². The first-order valence-electron chi connectivity index (χ1n) is 13.6. The number of rotatable bonds is 11. The molecule has 0 bridgehead atoms. The lowest BCUT2D eigenvalue weighted by atomic mass is 9.95. The summed E-state index contributed by atoms with van der Waals surface area (Å²) in [6.07, 6.45) is 7.69. The highest BCUT2D eigenvalue weighted by molar-refractivity contribution is 5.74. The Morgan fingerprint density at radius 1 is 0.421 bits per heavy atom. The number of hydrogen-bond donors (Lipinski definition) is 0. The number of aryl methyl sites for hydroxylation is 2. The fraction of sp³-hybridized carbons (Fsp3) is 0.294. The average molecular weight is 519 g/mol. The van der Waals surface area contributed by atoms with E-state index in [1.807, 2.05) is 19.1 Å². The fourth-order valence-electron chi connectivity index (χ4n) is 4.82. The van der Waals surface area contributed by atoms with Gasteiger partial charge in [-0.05, 0) is 53.5 Å². The highest BCUT2D eigenvalue weighted by atomic mass is 19.2. The van der Waals surface area contributed by atoms with Crippen molar-refractivity contribution in [2.45, 2.75) is 65.2 Å². The summed E-state index contributed by atoms with van der Waals surface area (Å²) < 4.78 is 59.7. The van der Waals surface area contributed by atoms with Crippen molar-refractivity contribution in [3.63, 3.8) is 0 Å². The first-order valence-corrected chi connectivity index (χ1v) is 13.6. The van der Waals surface area contributed by atoms with Gasteiger partial charge >= 0.3 is 0 Å². The predicted octanol–water partition coefficient (Wildman–Crippen LogP) is 10.7. The maximum Gasteiger partial charge on any atom is 0.167 e. The summed E-state index contributed by atoms with van der Waals surface area (Å²) in [6, 6.07) is 21.2. The van der Waals surface area contributed by atoms with E-state index < -0.39 is 23.3 Å². The molecule has 0 N–H and O–H groups in total. The lowest BCUT2D eigenvalue weighted by Gasteiger charge is -2.12. The summed E-state index contributed by atoms with van der Waals surface area (Å²) >= 11 is 0. The Labute approximate surface area is 223 Å². The zero-order valence-corrected chi connectivity index (χ0v) is 22.1. The van der Waals surface area contributed by atoms with Crippen molar-refractivity contribution >= 4 is 0 Å². The molecule has 0 nitrogen and oxygen atoms in total. The molecule has 0 amide bonds. The van der Waals surface area contributed by atoms with Crippen LogP contribution in [0.4, 0.5) is 17.6 Å². The van der Waals surface area contributed by atoms with Gasteiger partial charge in [0.2, 0.25) is 0 Å². The molecule has 4 heteroatoms. The summed E-state index contributed by atoms with van der Waals surface area (Å²) in [4.78, 5) is 0. The standard InChI is InChI=1S/C34H34F4/c1-3-5-7-9-23-11-13-24(14-12-23)25-15-17-26(18-16-25)28-21-22-30(34(38)32(28)36)29-20-19-27(10-8-6-4-2)31(35)33(29)37/h11-22H,3-10H2,1-2H3. The van der Waals surface area contributed by atoms with Crippen LogP contribution in [0.25, 0.3) is 33.4 Å². The molecule has 0 spiro atoms. The molecule has 4 aromatic carbocycles. The molecule has 0 aromatic heterocycles. The van der Waals surface area contributed by atoms with Gasteiger partial charge in [-0.25, -0.2) is 17.6 Å². The van der Waals surface area contributed by atoms with E-state index in [0.717, 1.165) is 36.8 Å². The second-order valence-corrected chi connectivity index (χ2v) is 9.88. The van der Waals surface area contributed by atoms with Gasteiger partial charge in [0.25, 0.3) is 0 Å². The summed E-state index contributed by atoms with van der Waals surface area (Å²) in [5.41, 5.74) is 3.59. The first-order chi connectivity index (χ1) is 18.4. The quantitative estimate of drug-likeness (QED) is 0.137. The third kappa shape index (κ3) is 6.18. The van der Waals surface area contributed by atoms with Crippen molar-refractivity contribution < 1.29 is 17.6 Å². The summed E-state index contributed by atoms with van der Waals surface area (Å²) in [5.74, 6) is -4.42. The van der Waals surface area contributed by atoms with Crippen molar-refractivity contribution in [1.29, 1.82) is 0 Å². The molecule has 0 aliphatic heterocycles. The number of hydrogen-bond acceptors (Lipinski definition) is 0. The number of unbranched alkanes of at least 4 members (excludes halogenated alkanes) is 4. The van der Waals surface area contributed by atoms with Crippen LogP contribution < -0.4 is 0 Å². The molecule has 38 heavy (non-hydrogen) atoms. The lowest BCUT2D eigenvalue weighted by Crippen LogP contribution is -2.00. The first kappa shape index (κ1) is 27.6. The van der Waals surface area contributed by atoms with E-state index in [0.29, 0.717) is 12.0 Å². The van der Waals surface area contributed by atoms with E-state index >= 15 is 8.78 Å². The van der Waals surface area contributed by atoms with Crippen LogP contribution in [0, 0.1) is 23.3 Å². The minimum absolute atomic E-state index is 0.0705. The Bertz CT molecular complexity index is 1360. The molecule has 0 radical (unpaired) electrons. The molecule has 0 atom stereocenters. The molecule has 0 saturated heterocycles. The number of halogens is 4. The second kappa shape index (κ2) is 12.9. The van der Waals surface area contributed by atoms with Crippen molar-refractivity contribution in [3.8, 4) is 33.4 Å². The Morgan fingerprint density at radius 2 is 0.868 bits per heavy atom. The Hall–Kier alpha value is -3.40. The van der Waals surface area contributed by atoms with Crippen molar-refractivity contribution in [2.24, 2.45) is 0 Å². The highest BCUT2D eigenvalue weighted by Gasteiger charge is 2.21. The smallest absolute Gasteiger partial charge is 0.167 e. The molecule has 4 rings (SSSR count). The maximum absolute atomic E-state index is 15.2. The molecular formula is C34H34F4. The van der Waals surface area contributed by atoms with Crippen LogP contribution in [-0.2, 0) is 12.8 Å². The SMILES string of the molecule is CCCCCc1ccc(-c2ccc(-c3ccc(-c4ccc(CCCCC)c(F)c4F)c(F)c3F)cc2)cc1. The third-order valence-electron chi connectivity index (χ3n) is 7.14. The Balaban J connectivity index is 1.55. The molecule has 0 heterocycles. The minimum Gasteiger partial charge on any atom is -0.203 e. The predicted molar refractivity (Wildman–Crippen MR) is 149 cm³/mol. The van der Waals surface area contributed by atoms with E-state index in [9.17, 15) is 8.78 Å². The van der Waals surface area contributed by atoms with Crippen LogP contribution in [0.3, 0.4) is 0 Å². The van der Waals surface area contributed by atoms with E-state index in [1.165, 1.54) is 49.1 Å². The molecule has 0 aliphatic rings. The number of benzene rings is 4. The summed E-state index contributed by atoms with van der Waals surface area (Å²) in [7, 11) is 0. The van der Waals surface area contributed by atoms with Gasteiger partial charge in [-0.2, -0.15) is 0 Å². The summed E-state index contributed by atoms with van der Waals surface area (Å²) in [6.45, 7) is 4.22. The van der Waals surface area contributed by atoms with Crippen molar-refractivity contribution in [1.82, 2.24) is 0 Å². The van der Waals surface area contributed by atoms with E-state index in [1.54, 1.807) is 12.1 Å². The van der Waals surface area contributed by atoms with Gasteiger partial charge in [0.1, 0.15) is 0 Å². The van der Waals surface area contributed by atoms with Gasteiger partial charge < -0.3 is 0 Å². The van der Waals surface area contributed by atoms with Gasteiger partial charge in [0, 0.05) is 16.7 Å². The zero-order valence-electron chi connectivity index (χ0n) is 22.1. The molecule has 4 aromatic rings. The van der Waals surface area contributed by atoms with Gasteiger partial charge in [-0.15, -0.1) is 0 Å². The molecule has 0 unspecified atom stereocenters. The van der Waals surface area contributed by atoms with Crippen molar-refractivity contribution in [2.75, 3.05) is 0 Å². The van der Waals surface area contributed by atoms with Gasteiger partial charge in [-0.1, -0.05) is 112 Å². The molecular weight excluding hydrogens is 484 g/mol. The van der Waals surface area contributed by atoms with E-state index in [2.05, 4.69) is 31.2 Å². The minimum atomic E-state index is -1.19. The zero-order chi connectivity index (χ0) is 27.1. The molecule has 0 saturated carbocycles. The maximum atomic E-state index is 15.2.